The molecule has 0 saturated heterocycles. The summed E-state index contributed by atoms with van der Waals surface area (Å²) >= 11 is 0. The summed E-state index contributed by atoms with van der Waals surface area (Å²) in [5.41, 5.74) is 0.409. The molecule has 0 aliphatic rings. The summed E-state index contributed by atoms with van der Waals surface area (Å²) < 4.78 is 0. The number of aliphatic hydroxyl groups is 1. The van der Waals surface area contributed by atoms with Gasteiger partial charge < -0.3 is 10.4 Å². The van der Waals surface area contributed by atoms with E-state index in [9.17, 15) is 4.79 Å². The summed E-state index contributed by atoms with van der Waals surface area (Å²) in [6.45, 7) is 7.21. The number of carbonyl (C=O) groups excluding carboxylic acids is 1. The van der Waals surface area contributed by atoms with Crippen LogP contribution in [0.4, 0.5) is 0 Å². The molecular weight excluding hydrogens is 175 g/mol. The van der Waals surface area contributed by atoms with Gasteiger partial charge in [0, 0.05) is 12.1 Å². The first-order valence-electron chi connectivity index (χ1n) is 3.34. The molecule has 0 aliphatic carbocycles. The molecule has 5 heteroatoms. The second kappa shape index (κ2) is 5.75. The van der Waals surface area contributed by atoms with Crippen LogP contribution in [0, 0.1) is 0 Å². The van der Waals surface area contributed by atoms with Gasteiger partial charge >= 0.3 is 0 Å². The van der Waals surface area contributed by atoms with E-state index in [0.717, 1.165) is 0 Å². The predicted octanol–water partition coefficient (Wildman–Crippen LogP) is 0.110. The molecule has 0 aromatic rings. The Bertz CT molecular complexity index is 204. The van der Waals surface area contributed by atoms with Gasteiger partial charge in [-0.05, 0) is 0 Å². The van der Waals surface area contributed by atoms with E-state index in [-0.39, 0.29) is 18.2 Å². The predicted molar refractivity (Wildman–Crippen MR) is 51.6 cm³/mol. The third-order valence-electron chi connectivity index (χ3n) is 1.09. The van der Waals surface area contributed by atoms with Crippen molar-refractivity contribution in [2.24, 2.45) is 0 Å². The minimum Gasteiger partial charge on any atom is -0.511 e. The third-order valence-corrected chi connectivity index (χ3v) is 1.29. The Morgan fingerprint density at radius 1 is 1.42 bits per heavy atom. The van der Waals surface area contributed by atoms with Crippen LogP contribution in [0.3, 0.4) is 0 Å². The molecule has 0 spiro atoms. The average molecular weight is 188 g/mol. The molecule has 68 valence electrons. The highest BCUT2D eigenvalue weighted by Gasteiger charge is 2.04. The van der Waals surface area contributed by atoms with E-state index >= 15 is 0 Å². The van der Waals surface area contributed by atoms with Gasteiger partial charge in [0.15, 0.2) is 0 Å². The lowest BCUT2D eigenvalue weighted by molar-refractivity contribution is -0.117. The quantitative estimate of drug-likeness (QED) is 0.326. The molecule has 0 aromatic heterocycles. The zero-order valence-corrected chi connectivity index (χ0v) is 7.92. The van der Waals surface area contributed by atoms with Crippen LogP contribution in [0.2, 0.25) is 0 Å². The molecule has 12 heavy (non-hydrogen) atoms. The Labute approximate surface area is 74.0 Å². The Morgan fingerprint density at radius 2 is 2.00 bits per heavy atom. The maximum atomic E-state index is 11.0. The van der Waals surface area contributed by atoms with Crippen molar-refractivity contribution < 1.29 is 9.90 Å². The van der Waals surface area contributed by atoms with Gasteiger partial charge in [-0.15, -0.1) is 0 Å². The Morgan fingerprint density at radius 3 is 2.42 bits per heavy atom. The number of aliphatic hydroxyl groups excluding tert-OH is 1. The molecule has 0 aliphatic heterocycles. The van der Waals surface area contributed by atoms with E-state index in [0.29, 0.717) is 12.1 Å². The first kappa shape index (κ1) is 11.1. The lowest BCUT2D eigenvalue weighted by atomic mass is 10.3. The van der Waals surface area contributed by atoms with Crippen molar-refractivity contribution in [3.8, 4) is 0 Å². The molecular formula is C7H13N2O2P. The summed E-state index contributed by atoms with van der Waals surface area (Å²) in [7, 11) is 2.27. The van der Waals surface area contributed by atoms with Crippen LogP contribution in [0.5, 0.6) is 0 Å². The van der Waals surface area contributed by atoms with Crippen LogP contribution < -0.4 is 10.4 Å². The van der Waals surface area contributed by atoms with Gasteiger partial charge in [0.25, 0.3) is 0 Å². The van der Waals surface area contributed by atoms with Gasteiger partial charge in [-0.25, -0.2) is 0 Å². The van der Waals surface area contributed by atoms with Gasteiger partial charge in [0.2, 0.25) is 5.91 Å². The number of amides is 1. The van der Waals surface area contributed by atoms with Crippen molar-refractivity contribution in [2.75, 3.05) is 13.1 Å². The summed E-state index contributed by atoms with van der Waals surface area (Å²) in [5, 5.41) is 13.8. The van der Waals surface area contributed by atoms with Crippen molar-refractivity contribution in [2.45, 2.75) is 0 Å². The number of nitrogens with one attached hydrogen (secondary N) is 2. The Balaban J connectivity index is 3.72. The van der Waals surface area contributed by atoms with Crippen LogP contribution in [0.25, 0.3) is 0 Å². The topological polar surface area (TPSA) is 61.4 Å². The van der Waals surface area contributed by atoms with Crippen LogP contribution in [0.1, 0.15) is 0 Å². The standard InChI is InChI=1S/C7H13N2O2P/c1-5(3-9-12)7(11)8-4-6(2)10/h9-10H,1-4,12H2,(H,8,11). The van der Waals surface area contributed by atoms with E-state index in [2.05, 4.69) is 33.0 Å². The molecule has 0 radical (unpaired) electrons. The van der Waals surface area contributed by atoms with E-state index in [4.69, 9.17) is 5.11 Å². The SMILES string of the molecule is C=C(O)CNC(=O)C(=C)CNP. The maximum Gasteiger partial charge on any atom is 0.248 e. The molecule has 4 nitrogen and oxygen atoms in total. The zero-order valence-electron chi connectivity index (χ0n) is 6.76. The van der Waals surface area contributed by atoms with E-state index in [1.807, 2.05) is 0 Å². The van der Waals surface area contributed by atoms with Gasteiger partial charge in [0.05, 0.1) is 6.54 Å². The molecule has 0 rings (SSSR count). The fourth-order valence-corrected chi connectivity index (χ4v) is 0.757. The maximum absolute atomic E-state index is 11.0. The molecule has 3 N–H and O–H groups in total. The fourth-order valence-electron chi connectivity index (χ4n) is 0.511. The van der Waals surface area contributed by atoms with E-state index in [1.165, 1.54) is 0 Å². The smallest absolute Gasteiger partial charge is 0.248 e. The summed E-state index contributed by atoms with van der Waals surface area (Å²) in [4.78, 5) is 11.0. The van der Waals surface area contributed by atoms with Crippen LogP contribution >= 0.6 is 9.39 Å². The minimum atomic E-state index is -0.292. The van der Waals surface area contributed by atoms with Crippen molar-refractivity contribution in [1.29, 1.82) is 0 Å². The summed E-state index contributed by atoms with van der Waals surface area (Å²) in [6, 6.07) is 0. The molecule has 0 aromatic carbocycles. The highest BCUT2D eigenvalue weighted by atomic mass is 31.0. The molecule has 0 saturated carbocycles. The number of hydrogen-bond donors (Lipinski definition) is 3. The van der Waals surface area contributed by atoms with Gasteiger partial charge in [0.1, 0.15) is 5.76 Å². The van der Waals surface area contributed by atoms with E-state index in [1.54, 1.807) is 0 Å². The zero-order chi connectivity index (χ0) is 9.56. The summed E-state index contributed by atoms with van der Waals surface area (Å²) in [5.74, 6) is -0.366. The van der Waals surface area contributed by atoms with Gasteiger partial charge in [-0.2, -0.15) is 0 Å². The molecule has 1 unspecified atom stereocenters. The monoisotopic (exact) mass is 188 g/mol. The minimum absolute atomic E-state index is 0.0642. The van der Waals surface area contributed by atoms with Crippen molar-refractivity contribution in [1.82, 2.24) is 10.4 Å². The third kappa shape index (κ3) is 4.88. The second-order valence-corrected chi connectivity index (χ2v) is 2.64. The second-order valence-electron chi connectivity index (χ2n) is 2.23. The molecule has 0 bridgehead atoms. The first-order valence-corrected chi connectivity index (χ1v) is 3.92. The Kier molecular flexibility index (Phi) is 5.34. The van der Waals surface area contributed by atoms with Crippen molar-refractivity contribution >= 4 is 15.3 Å². The van der Waals surface area contributed by atoms with Gasteiger partial charge in [-0.1, -0.05) is 22.5 Å². The molecule has 0 fully saturated rings. The van der Waals surface area contributed by atoms with Crippen LogP contribution in [0.15, 0.2) is 24.5 Å². The number of carbonyl (C=O) groups is 1. The first-order chi connectivity index (χ1) is 5.57. The van der Waals surface area contributed by atoms with Crippen LogP contribution in [-0.4, -0.2) is 24.1 Å². The number of rotatable bonds is 5. The molecule has 0 heterocycles. The molecule has 1 amide bonds. The van der Waals surface area contributed by atoms with E-state index < -0.39 is 0 Å². The van der Waals surface area contributed by atoms with Crippen molar-refractivity contribution in [3.05, 3.63) is 24.5 Å². The highest BCUT2D eigenvalue weighted by Crippen LogP contribution is 1.89. The largest absolute Gasteiger partial charge is 0.511 e. The normalized spacial score (nSPS) is 9.08. The lowest BCUT2D eigenvalue weighted by Crippen LogP contribution is -2.29. The summed E-state index contributed by atoms with van der Waals surface area (Å²) in [6.07, 6.45) is 0. The molecule has 1 atom stereocenters. The Hall–Kier alpha value is -0.860. The highest BCUT2D eigenvalue weighted by molar-refractivity contribution is 7.13. The lowest BCUT2D eigenvalue weighted by Gasteiger charge is -2.05. The fraction of sp³-hybridized carbons (Fsp3) is 0.286. The average Bonchev–Trinajstić information content (AvgIpc) is 2.00. The van der Waals surface area contributed by atoms with Crippen molar-refractivity contribution in [3.63, 3.8) is 0 Å². The van der Waals surface area contributed by atoms with Crippen LogP contribution in [-0.2, 0) is 4.79 Å². The number of hydrogen-bond acceptors (Lipinski definition) is 3. The van der Waals surface area contributed by atoms with Gasteiger partial charge in [-0.3, -0.25) is 9.88 Å².